The van der Waals surface area contributed by atoms with E-state index >= 15 is 0 Å². The predicted molar refractivity (Wildman–Crippen MR) is 75.9 cm³/mol. The molecule has 1 aromatic carbocycles. The van der Waals surface area contributed by atoms with Crippen LogP contribution in [-0.4, -0.2) is 17.4 Å². The standard InChI is InChI=1S/C14H18ClFN2O2/c1-4-14(8(2)3,13(17)20)18-12(19)9-5-6-11(16)10(15)7-9/h5-8H,4H2,1-3H3,(H2,17,20)(H,18,19)/t14-/m0/s1. The maximum absolute atomic E-state index is 13.1. The summed E-state index contributed by atoms with van der Waals surface area (Å²) in [5.74, 6) is -1.90. The van der Waals surface area contributed by atoms with Gasteiger partial charge in [0.15, 0.2) is 0 Å². The quantitative estimate of drug-likeness (QED) is 0.877. The minimum absolute atomic E-state index is 0.150. The molecule has 6 heteroatoms. The number of rotatable bonds is 5. The molecule has 1 atom stereocenters. The first-order valence-electron chi connectivity index (χ1n) is 6.32. The second kappa shape index (κ2) is 6.22. The van der Waals surface area contributed by atoms with Crippen LogP contribution in [-0.2, 0) is 4.79 Å². The molecule has 0 saturated carbocycles. The van der Waals surface area contributed by atoms with E-state index < -0.39 is 23.2 Å². The Bertz CT molecular complexity index is 534. The average Bonchev–Trinajstić information content (AvgIpc) is 2.38. The monoisotopic (exact) mass is 300 g/mol. The van der Waals surface area contributed by atoms with Gasteiger partial charge in [-0.15, -0.1) is 0 Å². The minimum Gasteiger partial charge on any atom is -0.368 e. The van der Waals surface area contributed by atoms with Gasteiger partial charge in [-0.2, -0.15) is 0 Å². The largest absolute Gasteiger partial charge is 0.368 e. The molecule has 0 fully saturated rings. The lowest BCUT2D eigenvalue weighted by molar-refractivity contribution is -0.126. The van der Waals surface area contributed by atoms with Crippen LogP contribution < -0.4 is 11.1 Å². The number of amides is 2. The lowest BCUT2D eigenvalue weighted by Crippen LogP contribution is -2.60. The Morgan fingerprint density at radius 3 is 2.45 bits per heavy atom. The number of benzene rings is 1. The normalized spacial score (nSPS) is 13.9. The molecule has 0 radical (unpaired) electrons. The molecule has 0 heterocycles. The molecule has 0 aromatic heterocycles. The topological polar surface area (TPSA) is 72.2 Å². The highest BCUT2D eigenvalue weighted by Gasteiger charge is 2.39. The van der Waals surface area contributed by atoms with Crippen LogP contribution >= 0.6 is 11.6 Å². The van der Waals surface area contributed by atoms with E-state index in [0.29, 0.717) is 6.42 Å². The van der Waals surface area contributed by atoms with E-state index in [0.717, 1.165) is 6.07 Å². The van der Waals surface area contributed by atoms with Gasteiger partial charge < -0.3 is 11.1 Å². The van der Waals surface area contributed by atoms with Crippen molar-refractivity contribution < 1.29 is 14.0 Å². The Morgan fingerprint density at radius 2 is 2.05 bits per heavy atom. The van der Waals surface area contributed by atoms with Crippen molar-refractivity contribution >= 4 is 23.4 Å². The van der Waals surface area contributed by atoms with E-state index in [9.17, 15) is 14.0 Å². The lowest BCUT2D eigenvalue weighted by Gasteiger charge is -2.34. The predicted octanol–water partition coefficient (Wildman–Crippen LogP) is 2.50. The lowest BCUT2D eigenvalue weighted by atomic mass is 9.83. The molecule has 4 nitrogen and oxygen atoms in total. The van der Waals surface area contributed by atoms with E-state index in [2.05, 4.69) is 5.32 Å². The molecule has 0 unspecified atom stereocenters. The summed E-state index contributed by atoms with van der Waals surface area (Å²) in [6.45, 7) is 5.36. The molecule has 1 rings (SSSR count). The van der Waals surface area contributed by atoms with Crippen molar-refractivity contribution in [3.05, 3.63) is 34.6 Å². The summed E-state index contributed by atoms with van der Waals surface area (Å²) >= 11 is 5.64. The van der Waals surface area contributed by atoms with Crippen molar-refractivity contribution in [2.24, 2.45) is 11.7 Å². The van der Waals surface area contributed by atoms with E-state index in [1.165, 1.54) is 12.1 Å². The zero-order valence-electron chi connectivity index (χ0n) is 11.7. The van der Waals surface area contributed by atoms with Gasteiger partial charge in [0.1, 0.15) is 11.4 Å². The van der Waals surface area contributed by atoms with Crippen molar-refractivity contribution in [2.75, 3.05) is 0 Å². The van der Waals surface area contributed by atoms with Crippen LogP contribution in [0.2, 0.25) is 5.02 Å². The van der Waals surface area contributed by atoms with Crippen molar-refractivity contribution in [3.8, 4) is 0 Å². The molecule has 1 aromatic rings. The zero-order valence-corrected chi connectivity index (χ0v) is 12.4. The second-order valence-electron chi connectivity index (χ2n) is 4.93. The SMILES string of the molecule is CC[C@@](NC(=O)c1ccc(F)c(Cl)c1)(C(N)=O)C(C)C. The molecule has 20 heavy (non-hydrogen) atoms. The summed E-state index contributed by atoms with van der Waals surface area (Å²) in [5.41, 5.74) is 4.46. The molecule has 0 spiro atoms. The molecule has 0 aliphatic rings. The molecule has 110 valence electrons. The number of carbonyl (C=O) groups is 2. The molecule has 0 aliphatic heterocycles. The van der Waals surface area contributed by atoms with Crippen LogP contribution in [0.25, 0.3) is 0 Å². The Hall–Kier alpha value is -1.62. The van der Waals surface area contributed by atoms with Crippen LogP contribution in [0.1, 0.15) is 37.6 Å². The number of nitrogens with two attached hydrogens (primary N) is 1. The van der Waals surface area contributed by atoms with E-state index in [1.54, 1.807) is 20.8 Å². The minimum atomic E-state index is -1.14. The summed E-state index contributed by atoms with van der Waals surface area (Å²) in [7, 11) is 0. The van der Waals surface area contributed by atoms with Crippen LogP contribution in [0.5, 0.6) is 0 Å². The van der Waals surface area contributed by atoms with Gasteiger partial charge in [0.05, 0.1) is 5.02 Å². The first kappa shape index (κ1) is 16.4. The number of primary amides is 1. The Balaban J connectivity index is 3.08. The van der Waals surface area contributed by atoms with Gasteiger partial charge in [-0.3, -0.25) is 9.59 Å². The first-order chi connectivity index (χ1) is 9.24. The third-order valence-electron chi connectivity index (χ3n) is 3.50. The highest BCUT2D eigenvalue weighted by molar-refractivity contribution is 6.31. The van der Waals surface area contributed by atoms with Gasteiger partial charge in [-0.1, -0.05) is 32.4 Å². The van der Waals surface area contributed by atoms with Crippen LogP contribution in [0.3, 0.4) is 0 Å². The molecular formula is C14H18ClFN2O2. The third-order valence-corrected chi connectivity index (χ3v) is 3.79. The maximum atomic E-state index is 13.1. The van der Waals surface area contributed by atoms with Gasteiger partial charge >= 0.3 is 0 Å². The summed E-state index contributed by atoms with van der Waals surface area (Å²) in [6.07, 6.45) is 0.362. The number of hydrogen-bond acceptors (Lipinski definition) is 2. The molecule has 0 bridgehead atoms. The number of carbonyl (C=O) groups excluding carboxylic acids is 2. The number of nitrogens with one attached hydrogen (secondary N) is 1. The fraction of sp³-hybridized carbons (Fsp3) is 0.429. The maximum Gasteiger partial charge on any atom is 0.252 e. The molecule has 2 amide bonds. The summed E-state index contributed by atoms with van der Waals surface area (Å²) < 4.78 is 13.1. The van der Waals surface area contributed by atoms with Gasteiger partial charge in [0.2, 0.25) is 5.91 Å². The molecule has 3 N–H and O–H groups in total. The van der Waals surface area contributed by atoms with Crippen molar-refractivity contribution in [3.63, 3.8) is 0 Å². The molecular weight excluding hydrogens is 283 g/mol. The third kappa shape index (κ3) is 3.10. The summed E-state index contributed by atoms with van der Waals surface area (Å²) in [6, 6.07) is 3.62. The van der Waals surface area contributed by atoms with E-state index in [4.69, 9.17) is 17.3 Å². The Morgan fingerprint density at radius 1 is 1.45 bits per heavy atom. The van der Waals surface area contributed by atoms with Crippen LogP contribution in [0.4, 0.5) is 4.39 Å². The highest BCUT2D eigenvalue weighted by Crippen LogP contribution is 2.22. The summed E-state index contributed by atoms with van der Waals surface area (Å²) in [4.78, 5) is 23.9. The fourth-order valence-corrected chi connectivity index (χ4v) is 2.25. The average molecular weight is 301 g/mol. The van der Waals surface area contributed by atoms with Gasteiger partial charge in [0.25, 0.3) is 5.91 Å². The summed E-state index contributed by atoms with van der Waals surface area (Å²) in [5, 5.41) is 2.50. The van der Waals surface area contributed by atoms with Crippen molar-refractivity contribution in [2.45, 2.75) is 32.7 Å². The van der Waals surface area contributed by atoms with E-state index in [-0.39, 0.29) is 16.5 Å². The van der Waals surface area contributed by atoms with Crippen molar-refractivity contribution in [1.29, 1.82) is 0 Å². The smallest absolute Gasteiger partial charge is 0.252 e. The first-order valence-corrected chi connectivity index (χ1v) is 6.69. The van der Waals surface area contributed by atoms with Gasteiger partial charge in [-0.25, -0.2) is 4.39 Å². The van der Waals surface area contributed by atoms with Gasteiger partial charge in [0, 0.05) is 5.56 Å². The molecule has 0 aliphatic carbocycles. The van der Waals surface area contributed by atoms with Gasteiger partial charge in [-0.05, 0) is 30.5 Å². The Kier molecular flexibility index (Phi) is 5.11. The fourth-order valence-electron chi connectivity index (χ4n) is 2.07. The highest BCUT2D eigenvalue weighted by atomic mass is 35.5. The molecule has 0 saturated heterocycles. The van der Waals surface area contributed by atoms with E-state index in [1.807, 2.05) is 0 Å². The van der Waals surface area contributed by atoms with Crippen LogP contribution in [0, 0.1) is 11.7 Å². The zero-order chi connectivity index (χ0) is 15.5. The Labute approximate surface area is 122 Å². The number of halogens is 2. The second-order valence-corrected chi connectivity index (χ2v) is 5.33. The number of hydrogen-bond donors (Lipinski definition) is 2. The van der Waals surface area contributed by atoms with Crippen LogP contribution in [0.15, 0.2) is 18.2 Å². The van der Waals surface area contributed by atoms with Crippen molar-refractivity contribution in [1.82, 2.24) is 5.32 Å².